The van der Waals surface area contributed by atoms with Gasteiger partial charge < -0.3 is 14.2 Å². The molecule has 4 heteroatoms. The first kappa shape index (κ1) is 22.3. The zero-order valence-corrected chi connectivity index (χ0v) is 19.1. The van der Waals surface area contributed by atoms with E-state index in [2.05, 4.69) is 77.7 Å². The molecule has 4 atom stereocenters. The van der Waals surface area contributed by atoms with Gasteiger partial charge in [0.1, 0.15) is 12.2 Å². The van der Waals surface area contributed by atoms with E-state index >= 15 is 0 Å². The van der Waals surface area contributed by atoms with E-state index in [0.717, 1.165) is 13.0 Å². The molecule has 0 unspecified atom stereocenters. The summed E-state index contributed by atoms with van der Waals surface area (Å²) < 4.78 is 19.4. The van der Waals surface area contributed by atoms with E-state index in [1.54, 1.807) is 0 Å². The maximum atomic E-state index is 6.60. The largest absolute Gasteiger partial charge is 0.375 e. The molecule has 3 aromatic rings. The van der Waals surface area contributed by atoms with Gasteiger partial charge in [-0.3, -0.25) is 4.90 Å². The second-order valence-corrected chi connectivity index (χ2v) is 9.04. The molecule has 2 fully saturated rings. The van der Waals surface area contributed by atoms with Gasteiger partial charge in [0.2, 0.25) is 0 Å². The first-order valence-corrected chi connectivity index (χ1v) is 12.1. The van der Waals surface area contributed by atoms with Crippen LogP contribution in [0.5, 0.6) is 0 Å². The van der Waals surface area contributed by atoms with Crippen LogP contribution in [-0.4, -0.2) is 42.3 Å². The van der Waals surface area contributed by atoms with Crippen LogP contribution in [0.1, 0.15) is 29.5 Å². The normalized spacial score (nSPS) is 24.7. The third-order valence-electron chi connectivity index (χ3n) is 6.82. The number of benzene rings is 3. The van der Waals surface area contributed by atoms with Gasteiger partial charge in [-0.05, 0) is 36.1 Å². The zero-order chi connectivity index (χ0) is 22.3. The summed E-state index contributed by atoms with van der Waals surface area (Å²) in [6, 6.07) is 31.8. The fraction of sp³-hybridized carbons (Fsp3) is 0.379. The summed E-state index contributed by atoms with van der Waals surface area (Å²) in [5.41, 5.74) is 3.59. The second-order valence-electron chi connectivity index (χ2n) is 9.04. The lowest BCUT2D eigenvalue weighted by Gasteiger charge is -2.28. The van der Waals surface area contributed by atoms with Crippen LogP contribution in [0.15, 0.2) is 91.0 Å². The Morgan fingerprint density at radius 2 is 1.15 bits per heavy atom. The van der Waals surface area contributed by atoms with Crippen LogP contribution in [0, 0.1) is 0 Å². The van der Waals surface area contributed by atoms with Crippen LogP contribution in [0.2, 0.25) is 0 Å². The van der Waals surface area contributed by atoms with Crippen LogP contribution in [0.3, 0.4) is 0 Å². The van der Waals surface area contributed by atoms with Crippen LogP contribution in [0.4, 0.5) is 0 Å². The van der Waals surface area contributed by atoms with Gasteiger partial charge in [-0.25, -0.2) is 0 Å². The molecule has 33 heavy (non-hydrogen) atoms. The molecular weight excluding hydrogens is 410 g/mol. The lowest BCUT2D eigenvalue weighted by molar-refractivity contribution is -0.0877. The summed E-state index contributed by atoms with van der Waals surface area (Å²) in [6.07, 6.45) is 2.38. The Morgan fingerprint density at radius 3 is 1.73 bits per heavy atom. The molecule has 0 saturated carbocycles. The smallest absolute Gasteiger partial charge is 0.103 e. The molecule has 5 rings (SSSR count). The molecule has 0 bridgehead atoms. The van der Waals surface area contributed by atoms with Gasteiger partial charge in [0.15, 0.2) is 0 Å². The third kappa shape index (κ3) is 5.53. The minimum Gasteiger partial charge on any atom is -0.375 e. The van der Waals surface area contributed by atoms with Crippen molar-refractivity contribution in [3.63, 3.8) is 0 Å². The van der Waals surface area contributed by atoms with E-state index in [0.29, 0.717) is 32.5 Å². The lowest BCUT2D eigenvalue weighted by atomic mass is 10.0. The van der Waals surface area contributed by atoms with Crippen LogP contribution >= 0.6 is 0 Å². The molecule has 0 aliphatic carbocycles. The Bertz CT molecular complexity index is 966. The highest BCUT2D eigenvalue weighted by Crippen LogP contribution is 2.37. The highest BCUT2D eigenvalue weighted by molar-refractivity contribution is 5.16. The molecule has 0 N–H and O–H groups in total. The van der Waals surface area contributed by atoms with Crippen LogP contribution in [-0.2, 0) is 34.0 Å². The zero-order valence-electron chi connectivity index (χ0n) is 19.1. The van der Waals surface area contributed by atoms with Crippen molar-refractivity contribution in [2.45, 2.75) is 57.0 Å². The number of fused-ring (bicyclic) bond motifs is 1. The van der Waals surface area contributed by atoms with E-state index in [1.165, 1.54) is 23.1 Å². The minimum atomic E-state index is -0.0185. The Labute approximate surface area is 197 Å². The Hall–Kier alpha value is -2.50. The van der Waals surface area contributed by atoms with Crippen molar-refractivity contribution in [3.8, 4) is 0 Å². The lowest BCUT2D eigenvalue weighted by Crippen LogP contribution is -2.41. The Morgan fingerprint density at radius 1 is 0.636 bits per heavy atom. The Balaban J connectivity index is 1.30. The van der Waals surface area contributed by atoms with Crippen molar-refractivity contribution in [1.82, 2.24) is 4.90 Å². The molecule has 4 nitrogen and oxygen atoms in total. The molecule has 2 saturated heterocycles. The molecule has 0 aromatic heterocycles. The summed E-state index contributed by atoms with van der Waals surface area (Å²) >= 11 is 0. The van der Waals surface area contributed by atoms with E-state index in [1.807, 2.05) is 18.2 Å². The predicted octanol–water partition coefficient (Wildman–Crippen LogP) is 5.22. The molecular formula is C29H33NO3. The van der Waals surface area contributed by atoms with E-state index < -0.39 is 0 Å². The third-order valence-corrected chi connectivity index (χ3v) is 6.82. The SMILES string of the molecule is c1ccc(COC[C@@H]2[C@@H](OCc3ccccc3)[C@H](OCc3ccccc3)[C@H]3CCCN32)cc1. The second kappa shape index (κ2) is 11.1. The van der Waals surface area contributed by atoms with Gasteiger partial charge in [0, 0.05) is 6.04 Å². The maximum Gasteiger partial charge on any atom is 0.103 e. The van der Waals surface area contributed by atoms with Crippen molar-refractivity contribution >= 4 is 0 Å². The van der Waals surface area contributed by atoms with Crippen LogP contribution < -0.4 is 0 Å². The van der Waals surface area contributed by atoms with Gasteiger partial charge in [-0.2, -0.15) is 0 Å². The first-order valence-electron chi connectivity index (χ1n) is 12.1. The molecule has 0 spiro atoms. The molecule has 0 amide bonds. The summed E-state index contributed by atoms with van der Waals surface area (Å²) in [6.45, 7) is 3.55. The van der Waals surface area contributed by atoms with Crippen molar-refractivity contribution in [2.24, 2.45) is 0 Å². The number of nitrogens with zero attached hydrogens (tertiary/aromatic N) is 1. The highest BCUT2D eigenvalue weighted by atomic mass is 16.5. The molecule has 3 aromatic carbocycles. The fourth-order valence-corrected chi connectivity index (χ4v) is 5.21. The quantitative estimate of drug-likeness (QED) is 0.430. The molecule has 172 valence electrons. The fourth-order valence-electron chi connectivity index (χ4n) is 5.21. The van der Waals surface area contributed by atoms with Gasteiger partial charge in [-0.15, -0.1) is 0 Å². The summed E-state index contributed by atoms with van der Waals surface area (Å²) in [5, 5.41) is 0. The van der Waals surface area contributed by atoms with Crippen molar-refractivity contribution in [2.75, 3.05) is 13.2 Å². The predicted molar refractivity (Wildman–Crippen MR) is 130 cm³/mol. The summed E-state index contributed by atoms with van der Waals surface area (Å²) in [5.74, 6) is 0. The van der Waals surface area contributed by atoms with Crippen molar-refractivity contribution in [3.05, 3.63) is 108 Å². The maximum absolute atomic E-state index is 6.60. The number of hydrogen-bond donors (Lipinski definition) is 0. The summed E-state index contributed by atoms with van der Waals surface area (Å²) in [4.78, 5) is 2.58. The minimum absolute atomic E-state index is 0.0185. The standard InChI is InChI=1S/C29H33NO3/c1-4-11-23(12-5-1)19-31-22-27-29(33-21-25-15-8-3-9-16-25)28(26-17-10-18-30(26)27)32-20-24-13-6-2-7-14-24/h1-9,11-16,26-29H,10,17-22H2/t26-,27-,28-,29-/m1/s1. The van der Waals surface area contributed by atoms with E-state index in [4.69, 9.17) is 14.2 Å². The summed E-state index contributed by atoms with van der Waals surface area (Å²) in [7, 11) is 0. The average Bonchev–Trinajstić information content (AvgIpc) is 3.45. The topological polar surface area (TPSA) is 30.9 Å². The average molecular weight is 444 g/mol. The van der Waals surface area contributed by atoms with Gasteiger partial charge >= 0.3 is 0 Å². The first-order chi connectivity index (χ1) is 16.4. The van der Waals surface area contributed by atoms with Crippen LogP contribution in [0.25, 0.3) is 0 Å². The van der Waals surface area contributed by atoms with Gasteiger partial charge in [0.05, 0.1) is 32.5 Å². The molecule has 2 aliphatic rings. The van der Waals surface area contributed by atoms with Gasteiger partial charge in [0.25, 0.3) is 0 Å². The molecule has 2 heterocycles. The van der Waals surface area contributed by atoms with Crippen molar-refractivity contribution in [1.29, 1.82) is 0 Å². The van der Waals surface area contributed by atoms with E-state index in [-0.39, 0.29) is 18.2 Å². The number of rotatable bonds is 10. The van der Waals surface area contributed by atoms with Gasteiger partial charge in [-0.1, -0.05) is 91.0 Å². The number of hydrogen-bond acceptors (Lipinski definition) is 4. The molecule has 0 radical (unpaired) electrons. The highest BCUT2D eigenvalue weighted by Gasteiger charge is 2.52. The Kier molecular flexibility index (Phi) is 7.49. The molecule has 2 aliphatic heterocycles. The van der Waals surface area contributed by atoms with E-state index in [9.17, 15) is 0 Å². The van der Waals surface area contributed by atoms with Crippen molar-refractivity contribution < 1.29 is 14.2 Å². The monoisotopic (exact) mass is 443 g/mol. The number of ether oxygens (including phenoxy) is 3.